The number of methoxy groups -OCH3 is 1. The van der Waals surface area contributed by atoms with Gasteiger partial charge < -0.3 is 10.5 Å². The van der Waals surface area contributed by atoms with Gasteiger partial charge in [-0.05, 0) is 12.1 Å². The summed E-state index contributed by atoms with van der Waals surface area (Å²) in [6, 6.07) is 15.7. The first-order valence-corrected chi connectivity index (χ1v) is 6.77. The molecule has 1 aromatic heterocycles. The molecule has 0 saturated carbocycles. The fourth-order valence-corrected chi connectivity index (χ4v) is 2.36. The van der Waals surface area contributed by atoms with E-state index in [2.05, 4.69) is 5.10 Å². The van der Waals surface area contributed by atoms with E-state index in [1.165, 1.54) is 0 Å². The minimum atomic E-state index is 0.663. The van der Waals surface area contributed by atoms with Crippen molar-refractivity contribution < 1.29 is 4.74 Å². The van der Waals surface area contributed by atoms with Crippen molar-refractivity contribution in [2.24, 2.45) is 0 Å². The number of anilines is 1. The van der Waals surface area contributed by atoms with Crippen LogP contribution in [0.5, 0.6) is 5.75 Å². The molecule has 0 aliphatic heterocycles. The van der Waals surface area contributed by atoms with Gasteiger partial charge in [-0.25, -0.2) is 0 Å². The Labute approximate surface area is 123 Å². The average Bonchev–Trinajstić information content (AvgIpc) is 2.96. The largest absolute Gasteiger partial charge is 0.496 e. The summed E-state index contributed by atoms with van der Waals surface area (Å²) < 4.78 is 7.26. The lowest BCUT2D eigenvalue weighted by atomic mass is 10.1. The Morgan fingerprint density at radius 2 is 1.86 bits per heavy atom. The molecule has 0 atom stereocenters. The second kappa shape index (κ2) is 5.71. The van der Waals surface area contributed by atoms with Crippen LogP contribution in [-0.4, -0.2) is 16.9 Å². The first kappa shape index (κ1) is 13.2. The molecule has 1 heterocycles. The van der Waals surface area contributed by atoms with Gasteiger partial charge in [0, 0.05) is 28.6 Å². The highest BCUT2D eigenvalue weighted by molar-refractivity contribution is 5.75. The third-order valence-electron chi connectivity index (χ3n) is 3.43. The molecule has 4 heteroatoms. The molecule has 21 heavy (non-hydrogen) atoms. The van der Waals surface area contributed by atoms with Gasteiger partial charge >= 0.3 is 0 Å². The van der Waals surface area contributed by atoms with Crippen LogP contribution in [-0.2, 0) is 6.54 Å². The molecule has 0 amide bonds. The normalized spacial score (nSPS) is 10.5. The molecule has 0 unspecified atom stereocenters. The van der Waals surface area contributed by atoms with E-state index in [9.17, 15) is 0 Å². The molecule has 0 aliphatic carbocycles. The molecule has 2 aromatic carbocycles. The summed E-state index contributed by atoms with van der Waals surface area (Å²) in [4.78, 5) is 0. The molecule has 106 valence electrons. The maximum atomic E-state index is 6.00. The highest BCUT2D eigenvalue weighted by atomic mass is 16.5. The topological polar surface area (TPSA) is 53.1 Å². The van der Waals surface area contributed by atoms with Crippen LogP contribution in [0.15, 0.2) is 60.9 Å². The highest BCUT2D eigenvalue weighted by Crippen LogP contribution is 2.25. The number of rotatable bonds is 4. The zero-order chi connectivity index (χ0) is 14.7. The van der Waals surface area contributed by atoms with Gasteiger partial charge in [0.05, 0.1) is 19.9 Å². The third kappa shape index (κ3) is 2.74. The first-order valence-electron chi connectivity index (χ1n) is 6.77. The van der Waals surface area contributed by atoms with E-state index in [-0.39, 0.29) is 0 Å². The lowest BCUT2D eigenvalue weighted by molar-refractivity contribution is 0.407. The maximum Gasteiger partial charge on any atom is 0.123 e. The lowest BCUT2D eigenvalue weighted by Gasteiger charge is -2.08. The number of hydrogen-bond donors (Lipinski definition) is 1. The number of nitrogens with two attached hydrogens (primary N) is 1. The molecular weight excluding hydrogens is 262 g/mol. The first-order chi connectivity index (χ1) is 10.3. The molecule has 0 spiro atoms. The zero-order valence-electron chi connectivity index (χ0n) is 11.9. The maximum absolute atomic E-state index is 6.00. The van der Waals surface area contributed by atoms with E-state index in [1.807, 2.05) is 65.6 Å². The Balaban J connectivity index is 1.87. The summed E-state index contributed by atoms with van der Waals surface area (Å²) in [7, 11) is 1.68. The summed E-state index contributed by atoms with van der Waals surface area (Å²) in [6.45, 7) is 0.663. The molecule has 0 radical (unpaired) electrons. The van der Waals surface area contributed by atoms with Crippen LogP contribution in [0.3, 0.4) is 0 Å². The Kier molecular flexibility index (Phi) is 3.60. The lowest BCUT2D eigenvalue weighted by Crippen LogP contribution is -2.01. The van der Waals surface area contributed by atoms with Crippen LogP contribution in [0.25, 0.3) is 11.1 Å². The van der Waals surface area contributed by atoms with Crippen molar-refractivity contribution in [3.63, 3.8) is 0 Å². The molecule has 3 aromatic rings. The summed E-state index contributed by atoms with van der Waals surface area (Å²) in [5, 5.41) is 4.41. The fraction of sp³-hybridized carbons (Fsp3) is 0.118. The smallest absolute Gasteiger partial charge is 0.123 e. The van der Waals surface area contributed by atoms with Gasteiger partial charge in [-0.3, -0.25) is 4.68 Å². The Morgan fingerprint density at radius 1 is 1.10 bits per heavy atom. The standard InChI is InChI=1S/C17H17N3O/c1-21-17-9-5-2-6-13(17)11-20-12-14(10-19-20)15-7-3-4-8-16(15)18/h2-10,12H,11,18H2,1H3. The van der Waals surface area contributed by atoms with Crippen LogP contribution in [0.1, 0.15) is 5.56 Å². The van der Waals surface area contributed by atoms with Crippen LogP contribution in [0.2, 0.25) is 0 Å². The molecule has 3 rings (SSSR count). The van der Waals surface area contributed by atoms with E-state index in [0.717, 1.165) is 28.1 Å². The van der Waals surface area contributed by atoms with Crippen LogP contribution in [0, 0.1) is 0 Å². The molecule has 2 N–H and O–H groups in total. The van der Waals surface area contributed by atoms with Crippen molar-refractivity contribution in [2.45, 2.75) is 6.54 Å². The van der Waals surface area contributed by atoms with Crippen molar-refractivity contribution in [2.75, 3.05) is 12.8 Å². The van der Waals surface area contributed by atoms with Gasteiger partial charge in [0.25, 0.3) is 0 Å². The number of hydrogen-bond acceptors (Lipinski definition) is 3. The van der Waals surface area contributed by atoms with Crippen molar-refractivity contribution in [1.29, 1.82) is 0 Å². The van der Waals surface area contributed by atoms with Crippen molar-refractivity contribution >= 4 is 5.69 Å². The van der Waals surface area contributed by atoms with Crippen LogP contribution < -0.4 is 10.5 Å². The molecule has 0 fully saturated rings. The number of nitrogens with zero attached hydrogens (tertiary/aromatic N) is 2. The quantitative estimate of drug-likeness (QED) is 0.746. The van der Waals surface area contributed by atoms with Gasteiger partial charge in [-0.15, -0.1) is 0 Å². The minimum Gasteiger partial charge on any atom is -0.496 e. The molecule has 4 nitrogen and oxygen atoms in total. The summed E-state index contributed by atoms with van der Waals surface area (Å²) >= 11 is 0. The SMILES string of the molecule is COc1ccccc1Cn1cc(-c2ccccc2N)cn1. The van der Waals surface area contributed by atoms with E-state index in [4.69, 9.17) is 10.5 Å². The molecule has 0 aliphatic rings. The number of benzene rings is 2. The van der Waals surface area contributed by atoms with Gasteiger partial charge in [0.1, 0.15) is 5.75 Å². The summed E-state index contributed by atoms with van der Waals surface area (Å²) in [5.74, 6) is 0.869. The van der Waals surface area contributed by atoms with E-state index in [1.54, 1.807) is 7.11 Å². The summed E-state index contributed by atoms with van der Waals surface area (Å²) in [5.41, 5.74) is 9.88. The van der Waals surface area contributed by atoms with Crippen molar-refractivity contribution in [1.82, 2.24) is 9.78 Å². The molecular formula is C17H17N3O. The molecule has 0 saturated heterocycles. The second-order valence-corrected chi connectivity index (χ2v) is 4.83. The Hall–Kier alpha value is -2.75. The van der Waals surface area contributed by atoms with Gasteiger partial charge in [-0.1, -0.05) is 36.4 Å². The second-order valence-electron chi connectivity index (χ2n) is 4.83. The number of ether oxygens (including phenoxy) is 1. The highest BCUT2D eigenvalue weighted by Gasteiger charge is 2.07. The minimum absolute atomic E-state index is 0.663. The van der Waals surface area contributed by atoms with Crippen LogP contribution >= 0.6 is 0 Å². The predicted octanol–water partition coefficient (Wildman–Crippen LogP) is 3.19. The fourth-order valence-electron chi connectivity index (χ4n) is 2.36. The molecule has 0 bridgehead atoms. The monoisotopic (exact) mass is 279 g/mol. The van der Waals surface area contributed by atoms with E-state index < -0.39 is 0 Å². The van der Waals surface area contributed by atoms with Gasteiger partial charge in [0.15, 0.2) is 0 Å². The third-order valence-corrected chi connectivity index (χ3v) is 3.43. The number of para-hydroxylation sites is 2. The number of aromatic nitrogens is 2. The van der Waals surface area contributed by atoms with Crippen molar-refractivity contribution in [3.8, 4) is 16.9 Å². The number of nitrogen functional groups attached to an aromatic ring is 1. The van der Waals surface area contributed by atoms with E-state index in [0.29, 0.717) is 6.54 Å². The summed E-state index contributed by atoms with van der Waals surface area (Å²) in [6.07, 6.45) is 3.83. The van der Waals surface area contributed by atoms with Crippen molar-refractivity contribution in [3.05, 3.63) is 66.5 Å². The Bertz CT molecular complexity index is 749. The predicted molar refractivity (Wildman–Crippen MR) is 84.2 cm³/mol. The zero-order valence-corrected chi connectivity index (χ0v) is 11.9. The van der Waals surface area contributed by atoms with Crippen LogP contribution in [0.4, 0.5) is 5.69 Å². The van der Waals surface area contributed by atoms with E-state index >= 15 is 0 Å². The van der Waals surface area contributed by atoms with Gasteiger partial charge in [-0.2, -0.15) is 5.10 Å². The van der Waals surface area contributed by atoms with Gasteiger partial charge in [0.2, 0.25) is 0 Å². The average molecular weight is 279 g/mol. The Morgan fingerprint density at radius 3 is 2.67 bits per heavy atom.